The average Bonchev–Trinajstić information content (AvgIpc) is 3.01. The molecular formula is C12H25N3. The Kier molecular flexibility index (Phi) is 6.21. The SMILES string of the molecule is CCCCCCN=C(N)NCCC1CC1. The van der Waals surface area contributed by atoms with E-state index in [9.17, 15) is 0 Å². The summed E-state index contributed by atoms with van der Waals surface area (Å²) in [6.07, 6.45) is 9.11. The van der Waals surface area contributed by atoms with Gasteiger partial charge in [-0.3, -0.25) is 4.99 Å². The standard InChI is InChI=1S/C12H25N3/c1-2-3-4-5-9-14-12(13)15-10-8-11-6-7-11/h11H,2-10H2,1H3,(H3,13,14,15). The van der Waals surface area contributed by atoms with Gasteiger partial charge in [-0.1, -0.05) is 39.0 Å². The van der Waals surface area contributed by atoms with Crippen LogP contribution in [0.2, 0.25) is 0 Å². The van der Waals surface area contributed by atoms with Gasteiger partial charge in [0.25, 0.3) is 0 Å². The molecule has 1 fully saturated rings. The lowest BCUT2D eigenvalue weighted by Crippen LogP contribution is -2.32. The van der Waals surface area contributed by atoms with Gasteiger partial charge in [0.1, 0.15) is 0 Å². The van der Waals surface area contributed by atoms with Crippen molar-refractivity contribution in [2.75, 3.05) is 13.1 Å². The zero-order valence-corrected chi connectivity index (χ0v) is 9.97. The second kappa shape index (κ2) is 7.55. The number of nitrogens with zero attached hydrogens (tertiary/aromatic N) is 1. The number of hydrogen-bond donors (Lipinski definition) is 2. The second-order valence-electron chi connectivity index (χ2n) is 4.49. The molecule has 1 aliphatic carbocycles. The largest absolute Gasteiger partial charge is 0.370 e. The fraction of sp³-hybridized carbons (Fsp3) is 0.917. The number of hydrogen-bond acceptors (Lipinski definition) is 1. The molecule has 0 radical (unpaired) electrons. The number of aliphatic imine (C=N–C) groups is 1. The van der Waals surface area contributed by atoms with Gasteiger partial charge in [0.05, 0.1) is 0 Å². The van der Waals surface area contributed by atoms with Gasteiger partial charge in [0, 0.05) is 13.1 Å². The number of guanidine groups is 1. The van der Waals surface area contributed by atoms with Gasteiger partial charge in [-0.05, 0) is 18.8 Å². The maximum absolute atomic E-state index is 5.73. The van der Waals surface area contributed by atoms with Gasteiger partial charge in [-0.15, -0.1) is 0 Å². The van der Waals surface area contributed by atoms with E-state index in [-0.39, 0.29) is 0 Å². The van der Waals surface area contributed by atoms with Crippen LogP contribution in [0.3, 0.4) is 0 Å². The molecule has 0 aromatic heterocycles. The minimum Gasteiger partial charge on any atom is -0.370 e. The summed E-state index contributed by atoms with van der Waals surface area (Å²) in [5.41, 5.74) is 5.73. The van der Waals surface area contributed by atoms with Crippen molar-refractivity contribution in [3.63, 3.8) is 0 Å². The van der Waals surface area contributed by atoms with Crippen LogP contribution >= 0.6 is 0 Å². The van der Waals surface area contributed by atoms with Crippen molar-refractivity contribution in [2.24, 2.45) is 16.6 Å². The van der Waals surface area contributed by atoms with Gasteiger partial charge < -0.3 is 11.1 Å². The lowest BCUT2D eigenvalue weighted by molar-refractivity contribution is 0.668. The highest BCUT2D eigenvalue weighted by atomic mass is 15.1. The second-order valence-corrected chi connectivity index (χ2v) is 4.49. The summed E-state index contributed by atoms with van der Waals surface area (Å²) >= 11 is 0. The van der Waals surface area contributed by atoms with Gasteiger partial charge in [0.15, 0.2) is 5.96 Å². The van der Waals surface area contributed by atoms with E-state index in [2.05, 4.69) is 17.2 Å². The lowest BCUT2D eigenvalue weighted by Gasteiger charge is -2.04. The van der Waals surface area contributed by atoms with Crippen LogP contribution in [0.15, 0.2) is 4.99 Å². The van der Waals surface area contributed by atoms with Crippen molar-refractivity contribution in [1.29, 1.82) is 0 Å². The zero-order valence-electron chi connectivity index (χ0n) is 9.97. The summed E-state index contributed by atoms with van der Waals surface area (Å²) in [6, 6.07) is 0. The molecular weight excluding hydrogens is 186 g/mol. The van der Waals surface area contributed by atoms with E-state index in [1.54, 1.807) is 0 Å². The van der Waals surface area contributed by atoms with Crippen LogP contribution in [0.25, 0.3) is 0 Å². The Morgan fingerprint density at radius 2 is 2.13 bits per heavy atom. The highest BCUT2D eigenvalue weighted by Gasteiger charge is 2.20. The van der Waals surface area contributed by atoms with Gasteiger partial charge >= 0.3 is 0 Å². The first-order valence-corrected chi connectivity index (χ1v) is 6.36. The molecule has 0 saturated heterocycles. The van der Waals surface area contributed by atoms with E-state index in [0.29, 0.717) is 5.96 Å². The summed E-state index contributed by atoms with van der Waals surface area (Å²) in [6.45, 7) is 4.09. The highest BCUT2D eigenvalue weighted by Crippen LogP contribution is 2.31. The van der Waals surface area contributed by atoms with Crippen LogP contribution in [0.5, 0.6) is 0 Å². The number of unbranched alkanes of at least 4 members (excludes halogenated alkanes) is 3. The minimum atomic E-state index is 0.632. The molecule has 0 aliphatic heterocycles. The van der Waals surface area contributed by atoms with Crippen molar-refractivity contribution >= 4 is 5.96 Å². The zero-order chi connectivity index (χ0) is 10.9. The summed E-state index contributed by atoms with van der Waals surface area (Å²) in [5.74, 6) is 1.60. The number of nitrogens with one attached hydrogen (secondary N) is 1. The van der Waals surface area contributed by atoms with Crippen molar-refractivity contribution in [3.05, 3.63) is 0 Å². The molecule has 0 spiro atoms. The van der Waals surface area contributed by atoms with Gasteiger partial charge in [0.2, 0.25) is 0 Å². The van der Waals surface area contributed by atoms with E-state index in [1.807, 2.05) is 0 Å². The average molecular weight is 211 g/mol. The first-order valence-electron chi connectivity index (χ1n) is 6.36. The Bertz CT molecular complexity index is 185. The van der Waals surface area contributed by atoms with E-state index in [0.717, 1.165) is 19.0 Å². The maximum Gasteiger partial charge on any atom is 0.188 e. The quantitative estimate of drug-likeness (QED) is 0.367. The molecule has 15 heavy (non-hydrogen) atoms. The normalized spacial score (nSPS) is 16.7. The molecule has 88 valence electrons. The molecule has 0 bridgehead atoms. The summed E-state index contributed by atoms with van der Waals surface area (Å²) in [7, 11) is 0. The molecule has 0 amide bonds. The van der Waals surface area contributed by atoms with Crippen LogP contribution < -0.4 is 11.1 Å². The smallest absolute Gasteiger partial charge is 0.188 e. The topological polar surface area (TPSA) is 50.4 Å². The van der Waals surface area contributed by atoms with E-state index >= 15 is 0 Å². The predicted molar refractivity (Wildman–Crippen MR) is 66.0 cm³/mol. The van der Waals surface area contributed by atoms with Crippen LogP contribution in [0.4, 0.5) is 0 Å². The van der Waals surface area contributed by atoms with Crippen LogP contribution in [0, 0.1) is 5.92 Å². The third-order valence-corrected chi connectivity index (χ3v) is 2.85. The molecule has 3 N–H and O–H groups in total. The van der Waals surface area contributed by atoms with Gasteiger partial charge in [-0.2, -0.15) is 0 Å². The molecule has 0 aromatic carbocycles. The molecule has 0 heterocycles. The van der Waals surface area contributed by atoms with Crippen LogP contribution in [0.1, 0.15) is 51.9 Å². The van der Waals surface area contributed by atoms with Gasteiger partial charge in [-0.25, -0.2) is 0 Å². The Hall–Kier alpha value is -0.730. The number of nitrogens with two attached hydrogens (primary N) is 1. The summed E-state index contributed by atoms with van der Waals surface area (Å²) < 4.78 is 0. The molecule has 0 aromatic rings. The molecule has 1 saturated carbocycles. The fourth-order valence-electron chi connectivity index (χ4n) is 1.60. The molecule has 0 atom stereocenters. The van der Waals surface area contributed by atoms with Crippen molar-refractivity contribution in [2.45, 2.75) is 51.9 Å². The molecule has 0 unspecified atom stereocenters. The van der Waals surface area contributed by atoms with Crippen molar-refractivity contribution < 1.29 is 0 Å². The molecule has 3 heteroatoms. The highest BCUT2D eigenvalue weighted by molar-refractivity contribution is 5.77. The van der Waals surface area contributed by atoms with Crippen LogP contribution in [-0.4, -0.2) is 19.0 Å². The third-order valence-electron chi connectivity index (χ3n) is 2.85. The molecule has 3 nitrogen and oxygen atoms in total. The molecule has 1 aliphatic rings. The third kappa shape index (κ3) is 7.23. The maximum atomic E-state index is 5.73. The Morgan fingerprint density at radius 1 is 1.33 bits per heavy atom. The first-order chi connectivity index (χ1) is 7.33. The first kappa shape index (κ1) is 12.3. The number of rotatable bonds is 8. The summed E-state index contributed by atoms with van der Waals surface area (Å²) in [4.78, 5) is 4.30. The van der Waals surface area contributed by atoms with Crippen molar-refractivity contribution in [3.8, 4) is 0 Å². The predicted octanol–water partition coefficient (Wildman–Crippen LogP) is 2.27. The lowest BCUT2D eigenvalue weighted by atomic mass is 10.2. The Balaban J connectivity index is 1.89. The van der Waals surface area contributed by atoms with Crippen molar-refractivity contribution in [1.82, 2.24) is 5.32 Å². The summed E-state index contributed by atoms with van der Waals surface area (Å²) in [5, 5.41) is 3.17. The van der Waals surface area contributed by atoms with E-state index in [1.165, 1.54) is 44.9 Å². The monoisotopic (exact) mass is 211 g/mol. The fourth-order valence-corrected chi connectivity index (χ4v) is 1.60. The molecule has 1 rings (SSSR count). The van der Waals surface area contributed by atoms with E-state index < -0.39 is 0 Å². The Morgan fingerprint density at radius 3 is 2.80 bits per heavy atom. The Labute approximate surface area is 93.5 Å². The van der Waals surface area contributed by atoms with Crippen LogP contribution in [-0.2, 0) is 0 Å². The van der Waals surface area contributed by atoms with E-state index in [4.69, 9.17) is 5.73 Å². The minimum absolute atomic E-state index is 0.632.